The summed E-state index contributed by atoms with van der Waals surface area (Å²) in [7, 11) is -3.80. The molecule has 0 atom stereocenters. The summed E-state index contributed by atoms with van der Waals surface area (Å²) >= 11 is 0. The Morgan fingerprint density at radius 2 is 1.86 bits per heavy atom. The summed E-state index contributed by atoms with van der Waals surface area (Å²) in [5.41, 5.74) is 3.16. The summed E-state index contributed by atoms with van der Waals surface area (Å²) in [6.07, 6.45) is 5.35. The van der Waals surface area contributed by atoms with E-state index in [-0.39, 0.29) is 10.7 Å². The predicted molar refractivity (Wildman–Crippen MR) is 110 cm³/mol. The molecule has 0 aliphatic heterocycles. The van der Waals surface area contributed by atoms with Gasteiger partial charge in [-0.25, -0.2) is 18.4 Å². The summed E-state index contributed by atoms with van der Waals surface area (Å²) in [6, 6.07) is 13.1. The van der Waals surface area contributed by atoms with Crippen LogP contribution in [0.15, 0.2) is 72.0 Å². The number of sulfonamides is 1. The fourth-order valence-electron chi connectivity index (χ4n) is 2.93. The smallest absolute Gasteiger partial charge is 0.261 e. The van der Waals surface area contributed by atoms with Crippen LogP contribution < -0.4 is 4.72 Å². The molecule has 0 unspecified atom stereocenters. The Hall–Kier alpha value is -3.52. The van der Waals surface area contributed by atoms with Gasteiger partial charge in [0.25, 0.3) is 10.0 Å². The lowest BCUT2D eigenvalue weighted by Gasteiger charge is -2.12. The number of nitrogens with one attached hydrogen (secondary N) is 1. The first-order valence-corrected chi connectivity index (χ1v) is 10.4. The van der Waals surface area contributed by atoms with E-state index >= 15 is 0 Å². The van der Waals surface area contributed by atoms with Crippen LogP contribution in [-0.2, 0) is 10.0 Å². The summed E-state index contributed by atoms with van der Waals surface area (Å²) in [6.45, 7) is 3.26. The number of hydrogen-bond donors (Lipinski definition) is 1. The van der Waals surface area contributed by atoms with Crippen LogP contribution >= 0.6 is 0 Å². The molecule has 29 heavy (non-hydrogen) atoms. The highest BCUT2D eigenvalue weighted by atomic mass is 32.2. The zero-order chi connectivity index (χ0) is 20.6. The molecule has 2 aromatic carbocycles. The molecule has 0 saturated heterocycles. The normalized spacial score (nSPS) is 11.5. The van der Waals surface area contributed by atoms with E-state index in [0.717, 1.165) is 11.1 Å². The number of aromatic nitrogens is 3. The lowest BCUT2D eigenvalue weighted by Crippen LogP contribution is -2.14. The maximum Gasteiger partial charge on any atom is 0.261 e. The number of hydrogen-bond acceptors (Lipinski definition) is 5. The number of rotatable bonds is 5. The van der Waals surface area contributed by atoms with Crippen molar-refractivity contribution in [3.63, 3.8) is 0 Å². The monoisotopic (exact) mass is 406 g/mol. The molecule has 0 aliphatic rings. The van der Waals surface area contributed by atoms with Crippen LogP contribution in [0.4, 0.5) is 5.69 Å². The zero-order valence-corrected chi connectivity index (χ0v) is 16.6. The van der Waals surface area contributed by atoms with Crippen molar-refractivity contribution in [3.8, 4) is 11.3 Å². The van der Waals surface area contributed by atoms with Gasteiger partial charge in [0.1, 0.15) is 0 Å². The van der Waals surface area contributed by atoms with Gasteiger partial charge in [0.05, 0.1) is 16.3 Å². The lowest BCUT2D eigenvalue weighted by atomic mass is 10.1. The second-order valence-electron chi connectivity index (χ2n) is 6.67. The van der Waals surface area contributed by atoms with Gasteiger partial charge in [-0.05, 0) is 43.7 Å². The van der Waals surface area contributed by atoms with Crippen LogP contribution in [0.1, 0.15) is 22.8 Å². The minimum atomic E-state index is -3.80. The van der Waals surface area contributed by atoms with Crippen molar-refractivity contribution in [2.45, 2.75) is 18.7 Å². The van der Waals surface area contributed by atoms with Gasteiger partial charge >= 0.3 is 0 Å². The minimum absolute atomic E-state index is 0.0873. The quantitative estimate of drug-likeness (QED) is 0.510. The molecule has 1 N–H and O–H groups in total. The molecule has 4 aromatic rings. The Balaban J connectivity index is 1.67. The number of carbonyl (C=O) groups is 1. The van der Waals surface area contributed by atoms with Gasteiger partial charge in [0.2, 0.25) is 5.78 Å². The highest BCUT2D eigenvalue weighted by molar-refractivity contribution is 7.92. The zero-order valence-electron chi connectivity index (χ0n) is 15.8. The van der Waals surface area contributed by atoms with E-state index in [0.29, 0.717) is 22.7 Å². The average Bonchev–Trinajstić information content (AvgIpc) is 3.14. The third kappa shape index (κ3) is 3.74. The highest BCUT2D eigenvalue weighted by Crippen LogP contribution is 2.27. The maximum absolute atomic E-state index is 12.8. The summed E-state index contributed by atoms with van der Waals surface area (Å²) in [5, 5.41) is 0. The first-order chi connectivity index (χ1) is 13.8. The number of ketones is 1. The third-order valence-electron chi connectivity index (χ3n) is 4.58. The number of Topliss-reactive ketones (excluding diaryl/α,β-unsaturated/α-hetero) is 1. The molecular formula is C21H18N4O3S. The highest BCUT2D eigenvalue weighted by Gasteiger charge is 2.17. The van der Waals surface area contributed by atoms with Crippen molar-refractivity contribution >= 4 is 27.3 Å². The molecular weight excluding hydrogens is 388 g/mol. The molecule has 146 valence electrons. The number of benzene rings is 2. The van der Waals surface area contributed by atoms with Gasteiger partial charge in [0, 0.05) is 29.7 Å². The van der Waals surface area contributed by atoms with E-state index in [4.69, 9.17) is 0 Å². The predicted octanol–water partition coefficient (Wildman–Crippen LogP) is 3.71. The number of fused-ring (bicyclic) bond motifs is 1. The first-order valence-electron chi connectivity index (χ1n) is 8.88. The van der Waals surface area contributed by atoms with Gasteiger partial charge in [-0.15, -0.1) is 0 Å². The van der Waals surface area contributed by atoms with Crippen molar-refractivity contribution < 1.29 is 13.2 Å². The first kappa shape index (κ1) is 18.8. The van der Waals surface area contributed by atoms with Crippen molar-refractivity contribution in [1.29, 1.82) is 0 Å². The molecule has 2 aromatic heterocycles. The molecule has 0 fully saturated rings. The number of aryl methyl sites for hydroxylation is 1. The van der Waals surface area contributed by atoms with Gasteiger partial charge in [-0.2, -0.15) is 0 Å². The molecule has 2 heterocycles. The van der Waals surface area contributed by atoms with Crippen molar-refractivity contribution in [2.24, 2.45) is 0 Å². The van der Waals surface area contributed by atoms with Gasteiger partial charge in [0.15, 0.2) is 5.78 Å². The number of nitrogens with zero attached hydrogens (tertiary/aromatic N) is 3. The van der Waals surface area contributed by atoms with Crippen LogP contribution in [0.2, 0.25) is 0 Å². The lowest BCUT2D eigenvalue weighted by molar-refractivity contribution is 0.101. The van der Waals surface area contributed by atoms with E-state index < -0.39 is 10.0 Å². The fourth-order valence-corrected chi connectivity index (χ4v) is 4.05. The summed E-state index contributed by atoms with van der Waals surface area (Å²) in [5.74, 6) is 0.447. The van der Waals surface area contributed by atoms with E-state index in [2.05, 4.69) is 14.7 Å². The molecule has 0 bridgehead atoms. The van der Waals surface area contributed by atoms with E-state index in [1.807, 2.05) is 37.5 Å². The van der Waals surface area contributed by atoms with Gasteiger partial charge < -0.3 is 0 Å². The van der Waals surface area contributed by atoms with E-state index in [9.17, 15) is 13.2 Å². The maximum atomic E-state index is 12.8. The fraction of sp³-hybridized carbons (Fsp3) is 0.0952. The Morgan fingerprint density at radius 1 is 1.10 bits per heavy atom. The Kier molecular flexibility index (Phi) is 4.63. The number of anilines is 1. The van der Waals surface area contributed by atoms with Crippen LogP contribution in [0, 0.1) is 6.92 Å². The molecule has 0 spiro atoms. The SMILES string of the molecule is CC(=O)c1ccc(S(=O)(=O)Nc2cc(-c3cn4cccnc4n3)ccc2C)cc1. The molecule has 8 heteroatoms. The molecule has 0 radical (unpaired) electrons. The Morgan fingerprint density at radius 3 is 2.55 bits per heavy atom. The summed E-state index contributed by atoms with van der Waals surface area (Å²) in [4.78, 5) is 20.2. The van der Waals surface area contributed by atoms with Crippen molar-refractivity contribution in [1.82, 2.24) is 14.4 Å². The number of carbonyl (C=O) groups excluding carboxylic acids is 1. The van der Waals surface area contributed by atoms with Crippen molar-refractivity contribution in [3.05, 3.63) is 78.2 Å². The standard InChI is InChI=1S/C21H18N4O3S/c1-14-4-5-17(20-13-25-11-3-10-22-21(25)23-20)12-19(14)24-29(27,28)18-8-6-16(7-9-18)15(2)26/h3-13,24H,1-2H3. The topological polar surface area (TPSA) is 93.4 Å². The molecule has 4 rings (SSSR count). The molecule has 7 nitrogen and oxygen atoms in total. The Labute approximate surface area is 168 Å². The van der Waals surface area contributed by atoms with Crippen LogP contribution in [-0.4, -0.2) is 28.6 Å². The molecule has 0 aliphatic carbocycles. The van der Waals surface area contributed by atoms with Crippen LogP contribution in [0.25, 0.3) is 17.0 Å². The Bertz CT molecular complexity index is 1290. The van der Waals surface area contributed by atoms with Gasteiger partial charge in [-0.3, -0.25) is 13.9 Å². The summed E-state index contributed by atoms with van der Waals surface area (Å²) < 4.78 is 30.0. The molecule has 0 amide bonds. The number of imidazole rings is 1. The van der Waals surface area contributed by atoms with E-state index in [1.54, 1.807) is 16.7 Å². The van der Waals surface area contributed by atoms with Crippen molar-refractivity contribution in [2.75, 3.05) is 4.72 Å². The molecule has 0 saturated carbocycles. The van der Waals surface area contributed by atoms with Gasteiger partial charge in [-0.1, -0.05) is 24.3 Å². The average molecular weight is 406 g/mol. The van der Waals surface area contributed by atoms with Crippen LogP contribution in [0.3, 0.4) is 0 Å². The second-order valence-corrected chi connectivity index (χ2v) is 8.35. The second kappa shape index (κ2) is 7.14. The van der Waals surface area contributed by atoms with E-state index in [1.165, 1.54) is 31.2 Å². The minimum Gasteiger partial charge on any atom is -0.295 e. The largest absolute Gasteiger partial charge is 0.295 e. The third-order valence-corrected chi connectivity index (χ3v) is 5.97. The van der Waals surface area contributed by atoms with Crippen LogP contribution in [0.5, 0.6) is 0 Å².